The number of ether oxygens (including phenoxy) is 3. The second-order valence-electron chi connectivity index (χ2n) is 2.50. The highest BCUT2D eigenvalue weighted by atomic mass is 16.7. The fourth-order valence-electron chi connectivity index (χ4n) is 1.02. The standard InChI is InChI=1S/C8H13N3O3/c1-12-6-4-5(7(13-2)14-3)10-8(9)11-6/h4,7H,1-3H3,(H2,9,10,11). The number of nitrogens with two attached hydrogens (primary N) is 1. The minimum Gasteiger partial charge on any atom is -0.481 e. The molecule has 0 fully saturated rings. The van der Waals surface area contributed by atoms with Crippen LogP contribution in [0, 0.1) is 0 Å². The quantitative estimate of drug-likeness (QED) is 0.705. The van der Waals surface area contributed by atoms with Gasteiger partial charge in [0.2, 0.25) is 18.1 Å². The van der Waals surface area contributed by atoms with Crippen LogP contribution in [0.5, 0.6) is 5.88 Å². The average molecular weight is 199 g/mol. The number of nitrogens with zero attached hydrogens (tertiary/aromatic N) is 2. The Balaban J connectivity index is 3.01. The number of rotatable bonds is 4. The summed E-state index contributed by atoms with van der Waals surface area (Å²) >= 11 is 0. The van der Waals surface area contributed by atoms with Crippen molar-refractivity contribution in [2.45, 2.75) is 6.29 Å². The van der Waals surface area contributed by atoms with E-state index in [4.69, 9.17) is 19.9 Å². The molecule has 0 aliphatic rings. The summed E-state index contributed by atoms with van der Waals surface area (Å²) in [5.41, 5.74) is 6.00. The molecular formula is C8H13N3O3. The zero-order valence-electron chi connectivity index (χ0n) is 8.35. The van der Waals surface area contributed by atoms with Crippen LogP contribution < -0.4 is 10.5 Å². The Labute approximate surface area is 82.0 Å². The van der Waals surface area contributed by atoms with E-state index in [1.807, 2.05) is 0 Å². The second-order valence-corrected chi connectivity index (χ2v) is 2.50. The molecule has 6 heteroatoms. The van der Waals surface area contributed by atoms with Crippen molar-refractivity contribution in [3.05, 3.63) is 11.8 Å². The van der Waals surface area contributed by atoms with Gasteiger partial charge in [-0.2, -0.15) is 4.98 Å². The molecule has 2 N–H and O–H groups in total. The maximum atomic E-state index is 5.47. The fraction of sp³-hybridized carbons (Fsp3) is 0.500. The molecule has 0 aromatic carbocycles. The summed E-state index contributed by atoms with van der Waals surface area (Å²) in [6.45, 7) is 0. The Morgan fingerprint density at radius 3 is 2.36 bits per heavy atom. The number of nitrogen functional groups attached to an aromatic ring is 1. The predicted molar refractivity (Wildman–Crippen MR) is 49.8 cm³/mol. The van der Waals surface area contributed by atoms with Crippen molar-refractivity contribution in [1.29, 1.82) is 0 Å². The Hall–Kier alpha value is -1.40. The van der Waals surface area contributed by atoms with E-state index in [-0.39, 0.29) is 5.95 Å². The molecule has 1 aromatic rings. The first-order chi connectivity index (χ1) is 6.71. The first kappa shape index (κ1) is 10.7. The molecule has 0 aliphatic heterocycles. The number of anilines is 1. The monoisotopic (exact) mass is 199 g/mol. The van der Waals surface area contributed by atoms with Gasteiger partial charge in [-0.1, -0.05) is 0 Å². The van der Waals surface area contributed by atoms with E-state index in [1.165, 1.54) is 21.3 Å². The third kappa shape index (κ3) is 2.30. The lowest BCUT2D eigenvalue weighted by Gasteiger charge is -2.13. The smallest absolute Gasteiger partial charge is 0.223 e. The van der Waals surface area contributed by atoms with E-state index in [0.29, 0.717) is 11.6 Å². The molecule has 1 aromatic heterocycles. The molecule has 0 atom stereocenters. The third-order valence-electron chi connectivity index (χ3n) is 1.62. The Morgan fingerprint density at radius 1 is 1.21 bits per heavy atom. The van der Waals surface area contributed by atoms with Crippen molar-refractivity contribution >= 4 is 5.95 Å². The van der Waals surface area contributed by atoms with Crippen molar-refractivity contribution in [2.75, 3.05) is 27.1 Å². The minimum atomic E-state index is -0.561. The summed E-state index contributed by atoms with van der Waals surface area (Å²) in [4.78, 5) is 7.80. The summed E-state index contributed by atoms with van der Waals surface area (Å²) in [7, 11) is 4.53. The van der Waals surface area contributed by atoms with E-state index < -0.39 is 6.29 Å². The van der Waals surface area contributed by atoms with Gasteiger partial charge in [0, 0.05) is 20.3 Å². The molecule has 0 radical (unpaired) electrons. The first-order valence-electron chi connectivity index (χ1n) is 3.95. The lowest BCUT2D eigenvalue weighted by Crippen LogP contribution is -2.09. The van der Waals surface area contributed by atoms with Crippen molar-refractivity contribution < 1.29 is 14.2 Å². The minimum absolute atomic E-state index is 0.124. The largest absolute Gasteiger partial charge is 0.481 e. The van der Waals surface area contributed by atoms with Crippen LogP contribution in [0.25, 0.3) is 0 Å². The van der Waals surface area contributed by atoms with E-state index in [9.17, 15) is 0 Å². The summed E-state index contributed by atoms with van der Waals surface area (Å²) < 4.78 is 15.0. The molecule has 0 saturated carbocycles. The van der Waals surface area contributed by atoms with Gasteiger partial charge in [0.15, 0.2) is 0 Å². The van der Waals surface area contributed by atoms with Crippen molar-refractivity contribution in [3.63, 3.8) is 0 Å². The molecule has 0 bridgehead atoms. The first-order valence-corrected chi connectivity index (χ1v) is 3.95. The zero-order chi connectivity index (χ0) is 10.6. The van der Waals surface area contributed by atoms with Crippen molar-refractivity contribution in [3.8, 4) is 5.88 Å². The van der Waals surface area contributed by atoms with Gasteiger partial charge < -0.3 is 19.9 Å². The fourth-order valence-corrected chi connectivity index (χ4v) is 1.02. The van der Waals surface area contributed by atoms with Crippen LogP contribution in [0.3, 0.4) is 0 Å². The van der Waals surface area contributed by atoms with E-state index >= 15 is 0 Å². The van der Waals surface area contributed by atoms with Gasteiger partial charge in [-0.3, -0.25) is 0 Å². The van der Waals surface area contributed by atoms with Crippen LogP contribution in [0.1, 0.15) is 12.0 Å². The SMILES string of the molecule is COc1cc(C(OC)OC)nc(N)n1. The van der Waals surface area contributed by atoms with Gasteiger partial charge in [-0.05, 0) is 0 Å². The molecule has 0 amide bonds. The van der Waals surface area contributed by atoms with E-state index in [2.05, 4.69) is 9.97 Å². The normalized spacial score (nSPS) is 10.6. The van der Waals surface area contributed by atoms with Gasteiger partial charge in [0.1, 0.15) is 5.69 Å². The molecule has 6 nitrogen and oxygen atoms in total. The summed E-state index contributed by atoms with van der Waals surface area (Å²) in [5, 5.41) is 0. The number of aromatic nitrogens is 2. The van der Waals surface area contributed by atoms with Crippen molar-refractivity contribution in [1.82, 2.24) is 9.97 Å². The summed E-state index contributed by atoms with van der Waals surface area (Å²) in [5.74, 6) is 0.505. The lowest BCUT2D eigenvalue weighted by molar-refractivity contribution is -0.108. The molecule has 0 aliphatic carbocycles. The van der Waals surface area contributed by atoms with Crippen molar-refractivity contribution in [2.24, 2.45) is 0 Å². The molecule has 14 heavy (non-hydrogen) atoms. The van der Waals surface area contributed by atoms with Crippen LogP contribution >= 0.6 is 0 Å². The number of hydrogen-bond donors (Lipinski definition) is 1. The van der Waals surface area contributed by atoms with Crippen LogP contribution in [0.2, 0.25) is 0 Å². The topological polar surface area (TPSA) is 79.5 Å². The second kappa shape index (κ2) is 4.73. The maximum Gasteiger partial charge on any atom is 0.223 e. The Morgan fingerprint density at radius 2 is 1.86 bits per heavy atom. The Kier molecular flexibility index (Phi) is 3.61. The highest BCUT2D eigenvalue weighted by molar-refractivity contribution is 5.26. The summed E-state index contributed by atoms with van der Waals surface area (Å²) in [6, 6.07) is 1.61. The molecule has 0 unspecified atom stereocenters. The van der Waals surface area contributed by atoms with Gasteiger partial charge in [-0.25, -0.2) is 4.98 Å². The molecular weight excluding hydrogens is 186 g/mol. The molecule has 1 rings (SSSR count). The van der Waals surface area contributed by atoms with Crippen LogP contribution in [0.15, 0.2) is 6.07 Å². The summed E-state index contributed by atoms with van der Waals surface area (Å²) in [6.07, 6.45) is -0.561. The van der Waals surface area contributed by atoms with E-state index in [1.54, 1.807) is 6.07 Å². The third-order valence-corrected chi connectivity index (χ3v) is 1.62. The lowest BCUT2D eigenvalue weighted by atomic mass is 10.4. The Bertz CT molecular complexity index is 302. The van der Waals surface area contributed by atoms with Gasteiger partial charge in [0.25, 0.3) is 0 Å². The highest BCUT2D eigenvalue weighted by Crippen LogP contribution is 2.19. The van der Waals surface area contributed by atoms with Gasteiger partial charge in [0.05, 0.1) is 7.11 Å². The van der Waals surface area contributed by atoms with Crippen LogP contribution in [0.4, 0.5) is 5.95 Å². The zero-order valence-corrected chi connectivity index (χ0v) is 8.35. The number of methoxy groups -OCH3 is 3. The van der Waals surface area contributed by atoms with E-state index in [0.717, 1.165) is 0 Å². The molecule has 0 spiro atoms. The maximum absolute atomic E-state index is 5.47. The predicted octanol–water partition coefficient (Wildman–Crippen LogP) is 0.359. The molecule has 78 valence electrons. The molecule has 0 saturated heterocycles. The number of hydrogen-bond acceptors (Lipinski definition) is 6. The van der Waals surface area contributed by atoms with Crippen LogP contribution in [-0.2, 0) is 9.47 Å². The van der Waals surface area contributed by atoms with Gasteiger partial charge >= 0.3 is 0 Å². The highest BCUT2D eigenvalue weighted by Gasteiger charge is 2.13. The van der Waals surface area contributed by atoms with Crippen LogP contribution in [-0.4, -0.2) is 31.3 Å². The average Bonchev–Trinajstić information content (AvgIpc) is 2.19. The molecule has 1 heterocycles. The van der Waals surface area contributed by atoms with Gasteiger partial charge in [-0.15, -0.1) is 0 Å².